The number of nitrogens with zero attached hydrogens (tertiary/aromatic N) is 2. The summed E-state index contributed by atoms with van der Waals surface area (Å²) in [5, 5.41) is 24.4. The zero-order valence-corrected chi connectivity index (χ0v) is 20.3. The molecule has 6 nitrogen and oxygen atoms in total. The molecule has 0 spiro atoms. The molecule has 1 fully saturated rings. The quantitative estimate of drug-likeness (QED) is 0.373. The average Bonchev–Trinajstić information content (AvgIpc) is 3.23. The summed E-state index contributed by atoms with van der Waals surface area (Å²) in [5.41, 5.74) is -0.534. The second-order valence-electron chi connectivity index (χ2n) is 9.77. The number of aliphatic hydroxyl groups is 1. The Morgan fingerprint density at radius 2 is 1.97 bits per heavy atom. The number of benzene rings is 1. The molecule has 0 saturated heterocycles. The second-order valence-corrected chi connectivity index (χ2v) is 10.8. The van der Waals surface area contributed by atoms with Crippen LogP contribution in [0.5, 0.6) is 0 Å². The minimum absolute atomic E-state index is 0.0769. The van der Waals surface area contributed by atoms with E-state index in [0.717, 1.165) is 22.1 Å². The van der Waals surface area contributed by atoms with Crippen LogP contribution in [0.2, 0.25) is 0 Å². The SMILES string of the molecule is Cc1cc(Nc2cccc(C(F)(F)F)n2)cc(-c2cnc([C@]3(O)CC[C@@H](C(=O)O)C(C)(C)C3)s2)c1. The van der Waals surface area contributed by atoms with E-state index in [-0.39, 0.29) is 12.2 Å². The largest absolute Gasteiger partial charge is 0.481 e. The van der Waals surface area contributed by atoms with Gasteiger partial charge in [-0.1, -0.05) is 26.0 Å². The topological polar surface area (TPSA) is 95.3 Å². The molecule has 2 heterocycles. The van der Waals surface area contributed by atoms with Gasteiger partial charge < -0.3 is 15.5 Å². The maximum Gasteiger partial charge on any atom is 0.433 e. The molecular formula is C25H26F3N3O3S. The van der Waals surface area contributed by atoms with Crippen molar-refractivity contribution in [1.29, 1.82) is 0 Å². The standard InChI is InChI=1S/C25H26F3N3O3S/c1-14-9-15(11-16(10-14)30-20-6-4-5-19(31-20)25(26,27)28)18-12-29-22(35-18)24(34)8-7-17(21(32)33)23(2,3)13-24/h4-6,9-12,17,34H,7-8,13H2,1-3H3,(H,30,31)(H,32,33)/t17-,24-/m0/s1. The van der Waals surface area contributed by atoms with Gasteiger partial charge in [0.05, 0.1) is 10.8 Å². The van der Waals surface area contributed by atoms with Gasteiger partial charge in [-0.25, -0.2) is 9.97 Å². The smallest absolute Gasteiger partial charge is 0.433 e. The summed E-state index contributed by atoms with van der Waals surface area (Å²) in [6.07, 6.45) is -1.92. The van der Waals surface area contributed by atoms with Crippen LogP contribution in [0.25, 0.3) is 10.4 Å². The van der Waals surface area contributed by atoms with Crippen molar-refractivity contribution in [3.63, 3.8) is 0 Å². The Kier molecular flexibility index (Phi) is 6.39. The van der Waals surface area contributed by atoms with Crippen molar-refractivity contribution in [2.24, 2.45) is 11.3 Å². The summed E-state index contributed by atoms with van der Waals surface area (Å²) >= 11 is 1.33. The van der Waals surface area contributed by atoms with Gasteiger partial charge in [-0.2, -0.15) is 13.2 Å². The monoisotopic (exact) mass is 505 g/mol. The highest BCUT2D eigenvalue weighted by molar-refractivity contribution is 7.15. The molecule has 10 heteroatoms. The van der Waals surface area contributed by atoms with Gasteiger partial charge in [-0.05, 0) is 67.0 Å². The third-order valence-electron chi connectivity index (χ3n) is 6.41. The van der Waals surface area contributed by atoms with Crippen LogP contribution in [0.15, 0.2) is 42.6 Å². The predicted octanol–water partition coefficient (Wildman–Crippen LogP) is 6.37. The molecule has 1 aliphatic rings. The van der Waals surface area contributed by atoms with E-state index < -0.39 is 34.8 Å². The zero-order chi connectivity index (χ0) is 25.6. The molecule has 35 heavy (non-hydrogen) atoms. The molecule has 0 amide bonds. The first kappa shape index (κ1) is 25.1. The van der Waals surface area contributed by atoms with Gasteiger partial charge in [0.25, 0.3) is 0 Å². The zero-order valence-electron chi connectivity index (χ0n) is 19.5. The average molecular weight is 506 g/mol. The number of carbonyl (C=O) groups is 1. The van der Waals surface area contributed by atoms with Crippen molar-refractivity contribution < 1.29 is 28.2 Å². The second kappa shape index (κ2) is 8.91. The number of aryl methyl sites for hydroxylation is 1. The molecule has 3 N–H and O–H groups in total. The van der Waals surface area contributed by atoms with Crippen molar-refractivity contribution >= 4 is 28.8 Å². The lowest BCUT2D eigenvalue weighted by Crippen LogP contribution is -2.44. The van der Waals surface area contributed by atoms with Gasteiger partial charge in [0.1, 0.15) is 22.1 Å². The lowest BCUT2D eigenvalue weighted by atomic mass is 9.63. The molecule has 186 valence electrons. The van der Waals surface area contributed by atoms with Crippen molar-refractivity contribution in [2.75, 3.05) is 5.32 Å². The minimum Gasteiger partial charge on any atom is -0.481 e. The van der Waals surface area contributed by atoms with Crippen LogP contribution in [0.4, 0.5) is 24.7 Å². The number of hydrogen-bond donors (Lipinski definition) is 3. The molecule has 3 aromatic rings. The van der Waals surface area contributed by atoms with E-state index in [1.54, 1.807) is 18.3 Å². The Hall–Kier alpha value is -2.98. The predicted molar refractivity (Wildman–Crippen MR) is 127 cm³/mol. The van der Waals surface area contributed by atoms with Crippen molar-refractivity contribution in [2.45, 2.75) is 51.8 Å². The Labute approximate surface area is 204 Å². The molecule has 0 radical (unpaired) electrons. The van der Waals surface area contributed by atoms with Gasteiger partial charge in [-0.15, -0.1) is 11.3 Å². The number of hydrogen-bond acceptors (Lipinski definition) is 6. The van der Waals surface area contributed by atoms with Crippen LogP contribution >= 0.6 is 11.3 Å². The van der Waals surface area contributed by atoms with Crippen LogP contribution in [-0.2, 0) is 16.6 Å². The number of aromatic nitrogens is 2. The fourth-order valence-electron chi connectivity index (χ4n) is 4.81. The van der Waals surface area contributed by atoms with Gasteiger partial charge in [-0.3, -0.25) is 4.79 Å². The molecule has 2 atom stereocenters. The number of aliphatic carboxylic acids is 1. The van der Waals surface area contributed by atoms with E-state index in [1.807, 2.05) is 26.8 Å². The van der Waals surface area contributed by atoms with Gasteiger partial charge in [0, 0.05) is 11.9 Å². The molecule has 0 bridgehead atoms. The summed E-state index contributed by atoms with van der Waals surface area (Å²) < 4.78 is 39.0. The molecule has 4 rings (SSSR count). The van der Waals surface area contributed by atoms with Crippen molar-refractivity contribution in [3.05, 3.63) is 58.9 Å². The normalized spacial score (nSPS) is 22.1. The number of alkyl halides is 3. The Morgan fingerprint density at radius 1 is 1.23 bits per heavy atom. The van der Waals surface area contributed by atoms with Crippen molar-refractivity contribution in [1.82, 2.24) is 9.97 Å². The molecule has 0 aliphatic heterocycles. The first-order valence-electron chi connectivity index (χ1n) is 11.1. The van der Waals surface area contributed by atoms with E-state index in [4.69, 9.17) is 0 Å². The fraction of sp³-hybridized carbons (Fsp3) is 0.400. The number of halogens is 3. The van der Waals surface area contributed by atoms with Crippen LogP contribution in [0.1, 0.15) is 49.4 Å². The van der Waals surface area contributed by atoms with E-state index in [1.165, 1.54) is 23.5 Å². The number of carboxylic acids is 1. The third-order valence-corrected chi connectivity index (χ3v) is 7.65. The van der Waals surface area contributed by atoms with Crippen LogP contribution in [-0.4, -0.2) is 26.2 Å². The highest BCUT2D eigenvalue weighted by atomic mass is 32.1. The molecule has 1 saturated carbocycles. The van der Waals surface area contributed by atoms with Crippen molar-refractivity contribution in [3.8, 4) is 10.4 Å². The number of rotatable bonds is 5. The highest BCUT2D eigenvalue weighted by Crippen LogP contribution is 2.51. The summed E-state index contributed by atoms with van der Waals surface area (Å²) in [5.74, 6) is -1.31. The Morgan fingerprint density at radius 3 is 2.63 bits per heavy atom. The number of nitrogens with one attached hydrogen (secondary N) is 1. The highest BCUT2D eigenvalue weighted by Gasteiger charge is 2.49. The summed E-state index contributed by atoms with van der Waals surface area (Å²) in [6.45, 7) is 5.58. The van der Waals surface area contributed by atoms with Gasteiger partial charge in [0.15, 0.2) is 0 Å². The summed E-state index contributed by atoms with van der Waals surface area (Å²) in [7, 11) is 0. The van der Waals surface area contributed by atoms with Crippen LogP contribution in [0, 0.1) is 18.3 Å². The van der Waals surface area contributed by atoms with Crippen LogP contribution in [0.3, 0.4) is 0 Å². The minimum atomic E-state index is -4.53. The van der Waals surface area contributed by atoms with E-state index in [0.29, 0.717) is 23.5 Å². The maximum absolute atomic E-state index is 13.0. The molecule has 1 aromatic carbocycles. The van der Waals surface area contributed by atoms with E-state index >= 15 is 0 Å². The lowest BCUT2D eigenvalue weighted by Gasteiger charge is -2.44. The van der Waals surface area contributed by atoms with Gasteiger partial charge >= 0.3 is 12.1 Å². The maximum atomic E-state index is 13.0. The summed E-state index contributed by atoms with van der Waals surface area (Å²) in [6, 6.07) is 9.20. The molecular weight excluding hydrogens is 479 g/mol. The Bertz CT molecular complexity index is 1260. The number of anilines is 2. The number of carboxylic acid groups (broad SMARTS) is 1. The van der Waals surface area contributed by atoms with E-state index in [9.17, 15) is 28.2 Å². The molecule has 0 unspecified atom stereocenters. The molecule has 1 aliphatic carbocycles. The summed E-state index contributed by atoms with van der Waals surface area (Å²) in [4.78, 5) is 20.5. The fourth-order valence-corrected chi connectivity index (χ4v) is 5.83. The lowest BCUT2D eigenvalue weighted by molar-refractivity contribution is -0.154. The third kappa shape index (κ3) is 5.33. The molecule has 2 aromatic heterocycles. The van der Waals surface area contributed by atoms with E-state index in [2.05, 4.69) is 15.3 Å². The number of pyridine rings is 1. The van der Waals surface area contributed by atoms with Crippen LogP contribution < -0.4 is 5.32 Å². The Balaban J connectivity index is 1.59. The first-order chi connectivity index (χ1) is 16.3. The first-order valence-corrected chi connectivity index (χ1v) is 11.9. The number of thiazole rings is 1. The van der Waals surface area contributed by atoms with Gasteiger partial charge in [0.2, 0.25) is 0 Å².